The SMILES string of the molecule is CCOC1CC(NC(=NC)NCC2CCN(Cc3nc(C)c(C)o3)CC2)C12CCCC2.I. The molecular weight excluding hydrogens is 517 g/mol. The molecule has 1 aromatic heterocycles. The van der Waals surface area contributed by atoms with Crippen LogP contribution >= 0.6 is 24.0 Å². The topological polar surface area (TPSA) is 74.9 Å². The van der Waals surface area contributed by atoms with Crippen molar-refractivity contribution >= 4 is 29.9 Å². The number of guanidine groups is 1. The van der Waals surface area contributed by atoms with Crippen molar-refractivity contribution in [2.45, 2.75) is 84.4 Å². The average Bonchev–Trinajstić information content (AvgIpc) is 3.40. The van der Waals surface area contributed by atoms with Crippen LogP contribution in [0.5, 0.6) is 0 Å². The van der Waals surface area contributed by atoms with Crippen LogP contribution < -0.4 is 10.6 Å². The molecule has 1 spiro atoms. The molecule has 0 aromatic carbocycles. The minimum absolute atomic E-state index is 0. The predicted octanol–water partition coefficient (Wildman–Crippen LogP) is 4.02. The highest BCUT2D eigenvalue weighted by atomic mass is 127. The second-order valence-electron chi connectivity index (χ2n) is 9.74. The largest absolute Gasteiger partial charge is 0.444 e. The Morgan fingerprint density at radius 2 is 1.97 bits per heavy atom. The van der Waals surface area contributed by atoms with Crippen molar-refractivity contribution in [2.24, 2.45) is 16.3 Å². The molecule has 2 aliphatic carbocycles. The first-order valence-electron chi connectivity index (χ1n) is 12.3. The maximum Gasteiger partial charge on any atom is 0.208 e. The Kier molecular flexibility index (Phi) is 9.26. The number of aromatic nitrogens is 1. The van der Waals surface area contributed by atoms with E-state index in [-0.39, 0.29) is 24.0 Å². The summed E-state index contributed by atoms with van der Waals surface area (Å²) in [4.78, 5) is 11.5. The van der Waals surface area contributed by atoms with Crippen molar-refractivity contribution in [3.05, 3.63) is 17.3 Å². The first-order chi connectivity index (χ1) is 15.0. The minimum atomic E-state index is 0. The van der Waals surface area contributed by atoms with E-state index in [1.807, 2.05) is 20.9 Å². The van der Waals surface area contributed by atoms with Crippen LogP contribution in [0.4, 0.5) is 0 Å². The van der Waals surface area contributed by atoms with Crippen LogP contribution in [0.3, 0.4) is 0 Å². The fraction of sp³-hybridized carbons (Fsp3) is 0.833. The second kappa shape index (κ2) is 11.5. The number of nitrogens with zero attached hydrogens (tertiary/aromatic N) is 3. The van der Waals surface area contributed by atoms with E-state index in [4.69, 9.17) is 9.15 Å². The third-order valence-corrected chi connectivity index (χ3v) is 7.92. The number of rotatable bonds is 7. The monoisotopic (exact) mass is 559 g/mol. The van der Waals surface area contributed by atoms with Gasteiger partial charge in [0.2, 0.25) is 5.89 Å². The van der Waals surface area contributed by atoms with Gasteiger partial charge in [-0.15, -0.1) is 24.0 Å². The molecule has 3 aliphatic rings. The van der Waals surface area contributed by atoms with E-state index in [1.165, 1.54) is 38.5 Å². The molecule has 32 heavy (non-hydrogen) atoms. The van der Waals surface area contributed by atoms with Gasteiger partial charge in [0.15, 0.2) is 5.96 Å². The number of aryl methyl sites for hydroxylation is 2. The fourth-order valence-electron chi connectivity index (χ4n) is 5.84. The lowest BCUT2D eigenvalue weighted by Gasteiger charge is -2.54. The molecule has 4 rings (SSSR count). The normalized spacial score (nSPS) is 26.1. The molecule has 1 aliphatic heterocycles. The van der Waals surface area contributed by atoms with Gasteiger partial charge < -0.3 is 19.8 Å². The summed E-state index contributed by atoms with van der Waals surface area (Å²) in [5, 5.41) is 7.36. The fourth-order valence-corrected chi connectivity index (χ4v) is 5.84. The van der Waals surface area contributed by atoms with Gasteiger partial charge in [0.1, 0.15) is 5.76 Å². The lowest BCUT2D eigenvalue weighted by atomic mass is 9.60. The van der Waals surface area contributed by atoms with E-state index in [1.54, 1.807) is 0 Å². The van der Waals surface area contributed by atoms with Crippen molar-refractivity contribution in [1.82, 2.24) is 20.5 Å². The Morgan fingerprint density at radius 3 is 2.56 bits per heavy atom. The van der Waals surface area contributed by atoms with Gasteiger partial charge in [-0.05, 0) is 71.9 Å². The molecule has 1 saturated heterocycles. The summed E-state index contributed by atoms with van der Waals surface area (Å²) in [5.74, 6) is 3.43. The van der Waals surface area contributed by atoms with Gasteiger partial charge in [0, 0.05) is 31.7 Å². The van der Waals surface area contributed by atoms with E-state index >= 15 is 0 Å². The van der Waals surface area contributed by atoms with Gasteiger partial charge in [-0.2, -0.15) is 0 Å². The number of hydrogen-bond donors (Lipinski definition) is 2. The van der Waals surface area contributed by atoms with Gasteiger partial charge in [-0.3, -0.25) is 9.89 Å². The Morgan fingerprint density at radius 1 is 1.25 bits per heavy atom. The number of aliphatic imine (C=N–C) groups is 1. The van der Waals surface area contributed by atoms with Gasteiger partial charge in [-0.25, -0.2) is 4.98 Å². The third kappa shape index (κ3) is 5.60. The van der Waals surface area contributed by atoms with Crippen molar-refractivity contribution in [3.63, 3.8) is 0 Å². The van der Waals surface area contributed by atoms with E-state index in [0.29, 0.717) is 23.5 Å². The standard InChI is InChI=1S/C24H41N5O2.HI/c1-5-30-21-14-20(24(21)10-6-7-11-24)28-23(25-4)26-15-19-8-12-29(13-9-19)16-22-27-17(2)18(3)31-22;/h19-21H,5-16H2,1-4H3,(H2,25,26,28);1H. The molecule has 0 bridgehead atoms. The Labute approximate surface area is 210 Å². The number of likely N-dealkylation sites (tertiary alicyclic amines) is 1. The first kappa shape index (κ1) is 25.7. The highest BCUT2D eigenvalue weighted by Crippen LogP contribution is 2.54. The number of halogens is 1. The summed E-state index contributed by atoms with van der Waals surface area (Å²) in [5.41, 5.74) is 1.33. The Bertz CT molecular complexity index is 734. The van der Waals surface area contributed by atoms with Crippen LogP contribution in [0.15, 0.2) is 9.41 Å². The third-order valence-electron chi connectivity index (χ3n) is 7.92. The number of piperidine rings is 1. The second-order valence-corrected chi connectivity index (χ2v) is 9.74. The smallest absolute Gasteiger partial charge is 0.208 e. The van der Waals surface area contributed by atoms with Crippen molar-refractivity contribution in [2.75, 3.05) is 33.3 Å². The number of nitrogens with one attached hydrogen (secondary N) is 2. The van der Waals surface area contributed by atoms with Crippen molar-refractivity contribution < 1.29 is 9.15 Å². The molecule has 0 radical (unpaired) electrons. The summed E-state index contributed by atoms with van der Waals surface area (Å²) in [7, 11) is 1.89. The van der Waals surface area contributed by atoms with Gasteiger partial charge >= 0.3 is 0 Å². The van der Waals surface area contributed by atoms with Crippen LogP contribution in [0.2, 0.25) is 0 Å². The van der Waals surface area contributed by atoms with Crippen LogP contribution in [0.1, 0.15) is 69.2 Å². The summed E-state index contributed by atoms with van der Waals surface area (Å²) >= 11 is 0. The van der Waals surface area contributed by atoms with Crippen molar-refractivity contribution in [1.29, 1.82) is 0 Å². The van der Waals surface area contributed by atoms with E-state index in [2.05, 4.69) is 32.4 Å². The molecule has 7 nitrogen and oxygen atoms in total. The van der Waals surface area contributed by atoms with Gasteiger partial charge in [0.25, 0.3) is 0 Å². The molecule has 8 heteroatoms. The van der Waals surface area contributed by atoms with Crippen LogP contribution in [-0.4, -0.2) is 61.3 Å². The zero-order valence-electron chi connectivity index (χ0n) is 20.3. The molecule has 182 valence electrons. The van der Waals surface area contributed by atoms with Crippen molar-refractivity contribution in [3.8, 4) is 0 Å². The van der Waals surface area contributed by atoms with Crippen LogP contribution in [-0.2, 0) is 11.3 Å². The predicted molar refractivity (Wildman–Crippen MR) is 139 cm³/mol. The van der Waals surface area contributed by atoms with Gasteiger partial charge in [0.05, 0.1) is 18.3 Å². The molecule has 0 amide bonds. The quantitative estimate of drug-likeness (QED) is 0.299. The summed E-state index contributed by atoms with van der Waals surface area (Å²) in [6, 6.07) is 0.493. The lowest BCUT2D eigenvalue weighted by Crippen LogP contribution is -2.65. The molecule has 2 atom stereocenters. The zero-order valence-corrected chi connectivity index (χ0v) is 22.6. The molecule has 2 unspecified atom stereocenters. The van der Waals surface area contributed by atoms with Crippen LogP contribution in [0, 0.1) is 25.2 Å². The number of ether oxygens (including phenoxy) is 1. The number of hydrogen-bond acceptors (Lipinski definition) is 5. The maximum absolute atomic E-state index is 6.06. The van der Waals surface area contributed by atoms with E-state index < -0.39 is 0 Å². The summed E-state index contributed by atoms with van der Waals surface area (Å²) < 4.78 is 11.8. The molecule has 3 fully saturated rings. The highest BCUT2D eigenvalue weighted by Gasteiger charge is 2.56. The summed E-state index contributed by atoms with van der Waals surface area (Å²) in [6.45, 7) is 10.9. The molecule has 2 heterocycles. The molecule has 2 N–H and O–H groups in total. The highest BCUT2D eigenvalue weighted by molar-refractivity contribution is 14.0. The Hall–Kier alpha value is -0.870. The average molecular weight is 560 g/mol. The first-order valence-corrected chi connectivity index (χ1v) is 12.3. The molecule has 1 aromatic rings. The van der Waals surface area contributed by atoms with Gasteiger partial charge in [-0.1, -0.05) is 12.8 Å². The molecule has 2 saturated carbocycles. The van der Waals surface area contributed by atoms with E-state index in [0.717, 1.165) is 62.5 Å². The number of oxazole rings is 1. The minimum Gasteiger partial charge on any atom is -0.444 e. The summed E-state index contributed by atoms with van der Waals surface area (Å²) in [6.07, 6.45) is 9.16. The van der Waals surface area contributed by atoms with Crippen LogP contribution in [0.25, 0.3) is 0 Å². The van der Waals surface area contributed by atoms with E-state index in [9.17, 15) is 0 Å². The zero-order chi connectivity index (χ0) is 21.8. The maximum atomic E-state index is 6.06. The lowest BCUT2D eigenvalue weighted by molar-refractivity contribution is -0.125. The Balaban J connectivity index is 0.00000289. The molecular formula is C24H42IN5O2.